The number of hydrogen-bond donors (Lipinski definition) is 2. The third-order valence-corrected chi connectivity index (χ3v) is 4.73. The fourth-order valence-electron chi connectivity index (χ4n) is 1.48. The number of nitro benzene ring substituents is 1. The van der Waals surface area contributed by atoms with E-state index in [1.807, 2.05) is 0 Å². The van der Waals surface area contributed by atoms with E-state index in [0.29, 0.717) is 0 Å². The van der Waals surface area contributed by atoms with Gasteiger partial charge in [-0.15, -0.1) is 0 Å². The van der Waals surface area contributed by atoms with Gasteiger partial charge in [0, 0.05) is 17.1 Å². The van der Waals surface area contributed by atoms with Gasteiger partial charge in [0.2, 0.25) is 10.0 Å². The van der Waals surface area contributed by atoms with Crippen LogP contribution in [0.25, 0.3) is 0 Å². The minimum absolute atomic E-state index is 0.0209. The van der Waals surface area contributed by atoms with Gasteiger partial charge < -0.3 is 5.11 Å². The first-order valence-corrected chi connectivity index (χ1v) is 7.61. The van der Waals surface area contributed by atoms with Crippen molar-refractivity contribution in [3.63, 3.8) is 0 Å². The number of nitrogens with zero attached hydrogens (tertiary/aromatic N) is 1. The molecule has 10 heteroatoms. The Kier molecular flexibility index (Phi) is 5.26. The molecule has 8 nitrogen and oxygen atoms in total. The molecule has 2 atom stereocenters. The highest BCUT2D eigenvalue weighted by atomic mass is 35.5. The molecular weight excluding hydrogens is 324 g/mol. The summed E-state index contributed by atoms with van der Waals surface area (Å²) in [6.45, 7) is 2.68. The maximum atomic E-state index is 12.2. The lowest BCUT2D eigenvalue weighted by atomic mass is 10.1. The van der Waals surface area contributed by atoms with Crippen molar-refractivity contribution >= 4 is 33.3 Å². The molecule has 2 N–H and O–H groups in total. The molecule has 0 aliphatic carbocycles. The zero-order valence-corrected chi connectivity index (χ0v) is 12.7. The predicted molar refractivity (Wildman–Crippen MR) is 74.7 cm³/mol. The summed E-state index contributed by atoms with van der Waals surface area (Å²) in [5.74, 6) is -2.18. The van der Waals surface area contributed by atoms with Crippen molar-refractivity contribution in [3.8, 4) is 0 Å². The topological polar surface area (TPSA) is 127 Å². The number of nitro groups is 1. The van der Waals surface area contributed by atoms with Gasteiger partial charge in [-0.3, -0.25) is 14.9 Å². The normalized spacial score (nSPS) is 14.4. The van der Waals surface area contributed by atoms with E-state index in [-0.39, 0.29) is 5.02 Å². The van der Waals surface area contributed by atoms with Crippen molar-refractivity contribution in [2.24, 2.45) is 5.92 Å². The van der Waals surface area contributed by atoms with Crippen molar-refractivity contribution in [3.05, 3.63) is 33.3 Å². The van der Waals surface area contributed by atoms with Gasteiger partial charge in [0.05, 0.1) is 10.8 Å². The lowest BCUT2D eigenvalue weighted by molar-refractivity contribution is -0.387. The fourth-order valence-corrected chi connectivity index (χ4v) is 3.13. The molecule has 0 saturated heterocycles. The van der Waals surface area contributed by atoms with Gasteiger partial charge in [-0.2, -0.15) is 0 Å². The molecule has 0 fully saturated rings. The van der Waals surface area contributed by atoms with Crippen LogP contribution in [0.3, 0.4) is 0 Å². The van der Waals surface area contributed by atoms with Gasteiger partial charge >= 0.3 is 5.97 Å². The molecule has 0 amide bonds. The zero-order valence-electron chi connectivity index (χ0n) is 11.1. The van der Waals surface area contributed by atoms with E-state index in [1.54, 1.807) is 0 Å². The van der Waals surface area contributed by atoms with Crippen molar-refractivity contribution in [1.82, 2.24) is 4.72 Å². The van der Waals surface area contributed by atoms with E-state index in [0.717, 1.165) is 12.1 Å². The maximum Gasteiger partial charge on any atom is 0.307 e. The summed E-state index contributed by atoms with van der Waals surface area (Å²) in [7, 11) is -4.24. The molecule has 0 aliphatic rings. The second kappa shape index (κ2) is 6.37. The molecule has 1 aromatic rings. The summed E-state index contributed by atoms with van der Waals surface area (Å²) in [5.41, 5.74) is -0.676. The monoisotopic (exact) mass is 336 g/mol. The number of nitrogens with one attached hydrogen (secondary N) is 1. The Balaban J connectivity index is 3.20. The number of benzene rings is 1. The van der Waals surface area contributed by atoms with E-state index in [9.17, 15) is 23.3 Å². The Morgan fingerprint density at radius 1 is 1.43 bits per heavy atom. The van der Waals surface area contributed by atoms with Crippen molar-refractivity contribution in [2.75, 3.05) is 0 Å². The van der Waals surface area contributed by atoms with Crippen LogP contribution in [-0.4, -0.2) is 30.5 Å². The molecule has 0 bridgehead atoms. The Morgan fingerprint density at radius 2 is 2.00 bits per heavy atom. The first-order valence-electron chi connectivity index (χ1n) is 5.75. The van der Waals surface area contributed by atoms with E-state index < -0.39 is 43.5 Å². The molecule has 2 unspecified atom stereocenters. The van der Waals surface area contributed by atoms with E-state index >= 15 is 0 Å². The number of rotatable bonds is 6. The molecule has 1 rings (SSSR count). The maximum absolute atomic E-state index is 12.2. The minimum Gasteiger partial charge on any atom is -0.481 e. The van der Waals surface area contributed by atoms with Crippen LogP contribution in [0.2, 0.25) is 5.02 Å². The first kappa shape index (κ1) is 17.3. The number of carbonyl (C=O) groups is 1. The number of aliphatic carboxylic acids is 1. The van der Waals surface area contributed by atoms with E-state index in [4.69, 9.17) is 16.7 Å². The van der Waals surface area contributed by atoms with Crippen LogP contribution in [0.4, 0.5) is 5.69 Å². The number of carboxylic acid groups (broad SMARTS) is 1. The van der Waals surface area contributed by atoms with Crippen molar-refractivity contribution < 1.29 is 23.2 Å². The average molecular weight is 337 g/mol. The summed E-state index contributed by atoms with van der Waals surface area (Å²) in [6, 6.07) is 2.18. The van der Waals surface area contributed by atoms with E-state index in [2.05, 4.69) is 4.72 Å². The highest BCUT2D eigenvalue weighted by Crippen LogP contribution is 2.27. The van der Waals surface area contributed by atoms with Crippen LogP contribution in [0, 0.1) is 16.0 Å². The Hall–Kier alpha value is -1.71. The lowest BCUT2D eigenvalue weighted by Crippen LogP contribution is -2.40. The minimum atomic E-state index is -4.24. The summed E-state index contributed by atoms with van der Waals surface area (Å²) < 4.78 is 26.4. The molecule has 0 aromatic heterocycles. The highest BCUT2D eigenvalue weighted by molar-refractivity contribution is 7.89. The van der Waals surface area contributed by atoms with Crippen LogP contribution in [-0.2, 0) is 14.8 Å². The Labute approximate surface area is 125 Å². The first-order chi connectivity index (χ1) is 9.56. The highest BCUT2D eigenvalue weighted by Gasteiger charge is 2.30. The molecule has 0 heterocycles. The summed E-state index contributed by atoms with van der Waals surface area (Å²) >= 11 is 5.61. The van der Waals surface area contributed by atoms with Gasteiger partial charge in [-0.1, -0.05) is 18.5 Å². The van der Waals surface area contributed by atoms with Crippen LogP contribution in [0.1, 0.15) is 13.8 Å². The third kappa shape index (κ3) is 4.13. The molecule has 0 aliphatic heterocycles. The molecule has 0 radical (unpaired) electrons. The molecule has 0 spiro atoms. The van der Waals surface area contributed by atoms with Crippen LogP contribution in [0.5, 0.6) is 0 Å². The van der Waals surface area contributed by atoms with Gasteiger partial charge in [0.1, 0.15) is 0 Å². The average Bonchev–Trinajstić information content (AvgIpc) is 2.36. The van der Waals surface area contributed by atoms with E-state index in [1.165, 1.54) is 19.9 Å². The molecular formula is C11H13ClN2O6S. The van der Waals surface area contributed by atoms with Gasteiger partial charge in [-0.05, 0) is 19.1 Å². The third-order valence-electron chi connectivity index (χ3n) is 2.89. The molecule has 21 heavy (non-hydrogen) atoms. The largest absolute Gasteiger partial charge is 0.481 e. The van der Waals surface area contributed by atoms with Crippen LogP contribution < -0.4 is 4.72 Å². The van der Waals surface area contributed by atoms with Crippen molar-refractivity contribution in [1.29, 1.82) is 0 Å². The second-order valence-electron chi connectivity index (χ2n) is 4.41. The number of halogens is 1. The predicted octanol–water partition coefficient (Wildman–Crippen LogP) is 1.64. The summed E-state index contributed by atoms with van der Waals surface area (Å²) in [5, 5.41) is 19.8. The molecule has 1 aromatic carbocycles. The van der Waals surface area contributed by atoms with Gasteiger partial charge in [0.15, 0.2) is 4.90 Å². The SMILES string of the molecule is CC(NS(=O)(=O)c1ccc(Cl)cc1[N+](=O)[O-])C(C)C(=O)O. The van der Waals surface area contributed by atoms with Gasteiger partial charge in [0.25, 0.3) is 5.69 Å². The number of carboxylic acids is 1. The molecule has 116 valence electrons. The zero-order chi connectivity index (χ0) is 16.4. The molecule has 0 saturated carbocycles. The number of hydrogen-bond acceptors (Lipinski definition) is 5. The second-order valence-corrected chi connectivity index (χ2v) is 6.52. The van der Waals surface area contributed by atoms with Crippen molar-refractivity contribution in [2.45, 2.75) is 24.8 Å². The Bertz CT molecular complexity index is 675. The van der Waals surface area contributed by atoms with Crippen LogP contribution >= 0.6 is 11.6 Å². The van der Waals surface area contributed by atoms with Gasteiger partial charge in [-0.25, -0.2) is 13.1 Å². The Morgan fingerprint density at radius 3 is 2.48 bits per heavy atom. The number of sulfonamides is 1. The standard InChI is InChI=1S/C11H13ClN2O6S/c1-6(11(15)16)7(2)13-21(19,20)10-4-3-8(12)5-9(10)14(17)18/h3-7,13H,1-2H3,(H,15,16). The fraction of sp³-hybridized carbons (Fsp3) is 0.364. The quantitative estimate of drug-likeness (QED) is 0.600. The van der Waals surface area contributed by atoms with Crippen LogP contribution in [0.15, 0.2) is 23.1 Å². The summed E-state index contributed by atoms with van der Waals surface area (Å²) in [4.78, 5) is 20.3. The summed E-state index contributed by atoms with van der Waals surface area (Å²) in [6.07, 6.45) is 0. The lowest BCUT2D eigenvalue weighted by Gasteiger charge is -2.17. The smallest absolute Gasteiger partial charge is 0.307 e.